The molecule has 2 heterocycles. The second kappa shape index (κ2) is 9.05. The Balaban J connectivity index is 1.30. The maximum Gasteiger partial charge on any atom is 0.225 e. The lowest BCUT2D eigenvalue weighted by atomic mass is 9.88. The van der Waals surface area contributed by atoms with Crippen molar-refractivity contribution in [2.75, 3.05) is 33.3 Å². The highest BCUT2D eigenvalue weighted by Gasteiger charge is 2.28. The lowest BCUT2D eigenvalue weighted by Gasteiger charge is -2.36. The van der Waals surface area contributed by atoms with Gasteiger partial charge in [-0.25, -0.2) is 4.98 Å². The summed E-state index contributed by atoms with van der Waals surface area (Å²) in [6.45, 7) is 4.44. The Morgan fingerprint density at radius 3 is 2.71 bits per heavy atom. The molecule has 0 N–H and O–H groups in total. The number of thiazole rings is 1. The molecule has 0 radical (unpaired) electrons. The Morgan fingerprint density at radius 2 is 1.96 bits per heavy atom. The van der Waals surface area contributed by atoms with Gasteiger partial charge < -0.3 is 9.64 Å². The predicted molar refractivity (Wildman–Crippen MR) is 113 cm³/mol. The highest BCUT2D eigenvalue weighted by molar-refractivity contribution is 7.09. The van der Waals surface area contributed by atoms with E-state index in [4.69, 9.17) is 9.72 Å². The van der Waals surface area contributed by atoms with Gasteiger partial charge in [0.2, 0.25) is 5.91 Å². The van der Waals surface area contributed by atoms with Gasteiger partial charge >= 0.3 is 0 Å². The largest absolute Gasteiger partial charge is 0.497 e. The fraction of sp³-hybridized carbons (Fsp3) is 0.545. The zero-order valence-corrected chi connectivity index (χ0v) is 17.4. The van der Waals surface area contributed by atoms with Gasteiger partial charge in [0.25, 0.3) is 0 Å². The smallest absolute Gasteiger partial charge is 0.225 e. The molecule has 1 aliphatic heterocycles. The second-order valence-corrected chi connectivity index (χ2v) is 8.74. The van der Waals surface area contributed by atoms with Crippen molar-refractivity contribution in [3.63, 3.8) is 0 Å². The Kier molecular flexibility index (Phi) is 6.27. The quantitative estimate of drug-likeness (QED) is 0.761. The van der Waals surface area contributed by atoms with E-state index in [1.807, 2.05) is 18.2 Å². The van der Waals surface area contributed by atoms with E-state index in [2.05, 4.69) is 21.2 Å². The summed E-state index contributed by atoms with van der Waals surface area (Å²) < 4.78 is 5.31. The molecule has 2 aliphatic rings. The van der Waals surface area contributed by atoms with E-state index < -0.39 is 0 Å². The third-order valence-corrected chi connectivity index (χ3v) is 6.75. The van der Waals surface area contributed by atoms with Crippen LogP contribution in [-0.4, -0.2) is 54.0 Å². The number of carbonyl (C=O) groups is 1. The maximum absolute atomic E-state index is 12.7. The van der Waals surface area contributed by atoms with Gasteiger partial charge in [-0.3, -0.25) is 9.69 Å². The van der Waals surface area contributed by atoms with Crippen molar-refractivity contribution >= 4 is 17.2 Å². The number of hydrogen-bond donors (Lipinski definition) is 0. The summed E-state index contributed by atoms with van der Waals surface area (Å²) >= 11 is 1.71. The van der Waals surface area contributed by atoms with Crippen LogP contribution in [0.15, 0.2) is 29.6 Å². The standard InChI is InChI=1S/C22H29N3O2S/c1-27-19-9-5-8-18(14-19)20-16-28-21(23-20)15-24-10-12-25(13-11-24)22(26)17-6-3-2-4-7-17/h5,8-9,14,16-17H,2-4,6-7,10-13,15H2,1H3. The van der Waals surface area contributed by atoms with E-state index >= 15 is 0 Å². The van der Waals surface area contributed by atoms with Crippen molar-refractivity contribution in [1.29, 1.82) is 0 Å². The monoisotopic (exact) mass is 399 g/mol. The topological polar surface area (TPSA) is 45.7 Å². The molecule has 2 fully saturated rings. The number of hydrogen-bond acceptors (Lipinski definition) is 5. The highest BCUT2D eigenvalue weighted by Crippen LogP contribution is 2.27. The van der Waals surface area contributed by atoms with Crippen LogP contribution in [0.1, 0.15) is 37.1 Å². The van der Waals surface area contributed by atoms with Gasteiger partial charge in [0.05, 0.1) is 19.3 Å². The van der Waals surface area contributed by atoms with Crippen molar-refractivity contribution < 1.29 is 9.53 Å². The number of methoxy groups -OCH3 is 1. The SMILES string of the molecule is COc1cccc(-c2csc(CN3CCN(C(=O)C4CCCCC4)CC3)n2)c1. The van der Waals surface area contributed by atoms with Gasteiger partial charge in [-0.15, -0.1) is 11.3 Å². The first-order chi connectivity index (χ1) is 13.7. The van der Waals surface area contributed by atoms with Crippen molar-refractivity contribution in [2.24, 2.45) is 5.92 Å². The van der Waals surface area contributed by atoms with Crippen LogP contribution >= 0.6 is 11.3 Å². The Labute approximate surface area is 171 Å². The molecule has 5 nitrogen and oxygen atoms in total. The third kappa shape index (κ3) is 4.55. The number of rotatable bonds is 5. The summed E-state index contributed by atoms with van der Waals surface area (Å²) in [5.41, 5.74) is 2.09. The van der Waals surface area contributed by atoms with E-state index in [1.165, 1.54) is 19.3 Å². The minimum absolute atomic E-state index is 0.282. The number of aromatic nitrogens is 1. The van der Waals surface area contributed by atoms with Crippen LogP contribution in [0.3, 0.4) is 0 Å². The van der Waals surface area contributed by atoms with Gasteiger partial charge in [-0.1, -0.05) is 31.4 Å². The molecule has 150 valence electrons. The molecule has 1 saturated heterocycles. The van der Waals surface area contributed by atoms with Crippen LogP contribution in [-0.2, 0) is 11.3 Å². The van der Waals surface area contributed by atoms with Gasteiger partial charge in [0, 0.05) is 43.0 Å². The molecule has 1 aromatic heterocycles. The lowest BCUT2D eigenvalue weighted by Crippen LogP contribution is -2.50. The van der Waals surface area contributed by atoms with E-state index in [0.717, 1.165) is 67.6 Å². The Bertz CT molecular complexity index is 793. The minimum Gasteiger partial charge on any atom is -0.497 e. The zero-order chi connectivity index (χ0) is 19.3. The van der Waals surface area contributed by atoms with Crippen LogP contribution in [0.5, 0.6) is 5.75 Å². The average molecular weight is 400 g/mol. The summed E-state index contributed by atoms with van der Waals surface area (Å²) in [4.78, 5) is 22.0. The number of amides is 1. The number of benzene rings is 1. The molecule has 0 bridgehead atoms. The summed E-state index contributed by atoms with van der Waals surface area (Å²) in [6, 6.07) is 8.03. The molecule has 0 atom stereocenters. The molecule has 1 aliphatic carbocycles. The van der Waals surface area contributed by atoms with E-state index in [0.29, 0.717) is 5.91 Å². The Morgan fingerprint density at radius 1 is 1.18 bits per heavy atom. The van der Waals surface area contributed by atoms with Crippen molar-refractivity contribution in [3.05, 3.63) is 34.7 Å². The van der Waals surface area contributed by atoms with Crippen molar-refractivity contribution in [1.82, 2.24) is 14.8 Å². The molecule has 2 aromatic rings. The molecular formula is C22H29N3O2S. The molecule has 1 amide bonds. The molecular weight excluding hydrogens is 370 g/mol. The normalized spacial score (nSPS) is 19.0. The number of carbonyl (C=O) groups excluding carboxylic acids is 1. The first-order valence-electron chi connectivity index (χ1n) is 10.3. The zero-order valence-electron chi connectivity index (χ0n) is 16.6. The van der Waals surface area contributed by atoms with Crippen molar-refractivity contribution in [3.8, 4) is 17.0 Å². The van der Waals surface area contributed by atoms with Crippen LogP contribution in [0.4, 0.5) is 0 Å². The molecule has 6 heteroatoms. The number of nitrogens with zero attached hydrogens (tertiary/aromatic N) is 3. The predicted octanol–water partition coefficient (Wildman–Crippen LogP) is 4.04. The van der Waals surface area contributed by atoms with Gasteiger partial charge in [0.1, 0.15) is 10.8 Å². The summed E-state index contributed by atoms with van der Waals surface area (Å²) in [6.07, 6.45) is 5.91. The molecule has 4 rings (SSSR count). The number of piperazine rings is 1. The van der Waals surface area contributed by atoms with E-state index in [9.17, 15) is 4.79 Å². The molecule has 28 heavy (non-hydrogen) atoms. The van der Waals surface area contributed by atoms with E-state index in [-0.39, 0.29) is 5.92 Å². The van der Waals surface area contributed by atoms with Crippen LogP contribution in [0.25, 0.3) is 11.3 Å². The lowest BCUT2D eigenvalue weighted by molar-refractivity contribution is -0.138. The van der Waals surface area contributed by atoms with Crippen LogP contribution in [0, 0.1) is 5.92 Å². The van der Waals surface area contributed by atoms with E-state index in [1.54, 1.807) is 18.4 Å². The second-order valence-electron chi connectivity index (χ2n) is 7.79. The van der Waals surface area contributed by atoms with Crippen molar-refractivity contribution in [2.45, 2.75) is 38.6 Å². The molecule has 0 spiro atoms. The highest BCUT2D eigenvalue weighted by atomic mass is 32.1. The summed E-state index contributed by atoms with van der Waals surface area (Å²) in [5.74, 6) is 1.53. The summed E-state index contributed by atoms with van der Waals surface area (Å²) in [5, 5.41) is 3.25. The average Bonchev–Trinajstić information content (AvgIpc) is 3.23. The third-order valence-electron chi connectivity index (χ3n) is 5.91. The molecule has 0 unspecified atom stereocenters. The fourth-order valence-electron chi connectivity index (χ4n) is 4.22. The van der Waals surface area contributed by atoms with Crippen LogP contribution in [0.2, 0.25) is 0 Å². The Hall–Kier alpha value is -1.92. The molecule has 1 saturated carbocycles. The first kappa shape index (κ1) is 19.4. The van der Waals surface area contributed by atoms with Gasteiger partial charge in [-0.2, -0.15) is 0 Å². The van der Waals surface area contributed by atoms with Gasteiger partial charge in [0.15, 0.2) is 0 Å². The first-order valence-corrected chi connectivity index (χ1v) is 11.2. The van der Waals surface area contributed by atoms with Crippen LogP contribution < -0.4 is 4.74 Å². The maximum atomic E-state index is 12.7. The molecule has 1 aromatic carbocycles. The fourth-order valence-corrected chi connectivity index (χ4v) is 5.07. The minimum atomic E-state index is 0.282. The number of ether oxygens (including phenoxy) is 1. The van der Waals surface area contributed by atoms with Gasteiger partial charge in [-0.05, 0) is 25.0 Å². The summed E-state index contributed by atoms with van der Waals surface area (Å²) in [7, 11) is 1.68.